The number of ketones is 1. The molecule has 1 saturated heterocycles. The summed E-state index contributed by atoms with van der Waals surface area (Å²) >= 11 is 0. The molecule has 2 rings (SSSR count). The van der Waals surface area contributed by atoms with E-state index in [1.165, 1.54) is 0 Å². The lowest BCUT2D eigenvalue weighted by Crippen LogP contribution is -2.45. The van der Waals surface area contributed by atoms with Crippen LogP contribution in [0.15, 0.2) is 43.0 Å². The largest absolute Gasteiger partial charge is 0.445 e. The maximum atomic E-state index is 12.0. The molecule has 4 heteroatoms. The van der Waals surface area contributed by atoms with E-state index in [2.05, 4.69) is 6.58 Å². The summed E-state index contributed by atoms with van der Waals surface area (Å²) in [7, 11) is 0. The molecule has 1 aromatic rings. The van der Waals surface area contributed by atoms with Crippen LogP contribution in [0.25, 0.3) is 0 Å². The third-order valence-corrected chi connectivity index (χ3v) is 3.18. The normalized spacial score (nSPS) is 19.1. The van der Waals surface area contributed by atoms with E-state index >= 15 is 0 Å². The highest BCUT2D eigenvalue weighted by atomic mass is 16.6. The van der Waals surface area contributed by atoms with E-state index in [0.717, 1.165) is 5.56 Å². The zero-order chi connectivity index (χ0) is 13.7. The zero-order valence-corrected chi connectivity index (χ0v) is 10.7. The topological polar surface area (TPSA) is 46.6 Å². The monoisotopic (exact) mass is 259 g/mol. The lowest BCUT2D eigenvalue weighted by atomic mass is 10.0. The molecule has 1 aliphatic rings. The highest BCUT2D eigenvalue weighted by Gasteiger charge is 2.29. The molecule has 1 heterocycles. The fourth-order valence-electron chi connectivity index (χ4n) is 2.10. The summed E-state index contributed by atoms with van der Waals surface area (Å²) in [6.07, 6.45) is 1.97. The molecular formula is C15H17NO3. The number of likely N-dealkylation sites (tertiary alicyclic amines) is 1. The van der Waals surface area contributed by atoms with Crippen LogP contribution < -0.4 is 0 Å². The Morgan fingerprint density at radius 3 is 2.84 bits per heavy atom. The van der Waals surface area contributed by atoms with Crippen molar-refractivity contribution in [3.8, 4) is 0 Å². The fraction of sp³-hybridized carbons (Fsp3) is 0.333. The van der Waals surface area contributed by atoms with Crippen LogP contribution >= 0.6 is 0 Å². The van der Waals surface area contributed by atoms with Gasteiger partial charge < -0.3 is 9.64 Å². The van der Waals surface area contributed by atoms with Crippen molar-refractivity contribution in [1.82, 2.24) is 4.90 Å². The van der Waals surface area contributed by atoms with Crippen molar-refractivity contribution in [2.24, 2.45) is 0 Å². The lowest BCUT2D eigenvalue weighted by molar-refractivity contribution is -0.122. The van der Waals surface area contributed by atoms with Gasteiger partial charge in [0.2, 0.25) is 0 Å². The molecule has 1 aliphatic heterocycles. The highest BCUT2D eigenvalue weighted by Crippen LogP contribution is 2.17. The molecule has 0 aromatic heterocycles. The molecule has 1 aromatic carbocycles. The van der Waals surface area contributed by atoms with Crippen molar-refractivity contribution in [1.29, 1.82) is 0 Å². The van der Waals surface area contributed by atoms with Crippen LogP contribution in [-0.4, -0.2) is 29.4 Å². The average Bonchev–Trinajstić information content (AvgIpc) is 2.45. The molecule has 0 aliphatic carbocycles. The molecule has 0 bridgehead atoms. The molecule has 19 heavy (non-hydrogen) atoms. The highest BCUT2D eigenvalue weighted by molar-refractivity contribution is 5.82. The van der Waals surface area contributed by atoms with Gasteiger partial charge in [0, 0.05) is 19.4 Å². The molecular weight excluding hydrogens is 242 g/mol. The van der Waals surface area contributed by atoms with E-state index in [9.17, 15) is 9.59 Å². The van der Waals surface area contributed by atoms with Crippen LogP contribution in [0.4, 0.5) is 4.79 Å². The molecule has 4 nitrogen and oxygen atoms in total. The predicted molar refractivity (Wildman–Crippen MR) is 71.6 cm³/mol. The Morgan fingerprint density at radius 2 is 2.16 bits per heavy atom. The predicted octanol–water partition coefficient (Wildman–Crippen LogP) is 2.54. The Bertz CT molecular complexity index is 470. The van der Waals surface area contributed by atoms with E-state index in [1.54, 1.807) is 11.0 Å². The summed E-state index contributed by atoms with van der Waals surface area (Å²) in [6.45, 7) is 4.32. The number of carbonyl (C=O) groups excluding carboxylic acids is 2. The number of amides is 1. The van der Waals surface area contributed by atoms with Crippen LogP contribution in [0.2, 0.25) is 0 Å². The van der Waals surface area contributed by atoms with Gasteiger partial charge in [-0.15, -0.1) is 6.58 Å². The second-order valence-electron chi connectivity index (χ2n) is 4.53. The van der Waals surface area contributed by atoms with Crippen LogP contribution in [0.3, 0.4) is 0 Å². The number of ether oxygens (including phenoxy) is 1. The van der Waals surface area contributed by atoms with E-state index in [4.69, 9.17) is 4.74 Å². The summed E-state index contributed by atoms with van der Waals surface area (Å²) < 4.78 is 5.26. The van der Waals surface area contributed by atoms with Crippen molar-refractivity contribution >= 4 is 11.9 Å². The van der Waals surface area contributed by atoms with Gasteiger partial charge in [-0.05, 0) is 5.56 Å². The molecule has 1 amide bonds. The van der Waals surface area contributed by atoms with Gasteiger partial charge in [0.05, 0.1) is 6.04 Å². The van der Waals surface area contributed by atoms with E-state index in [-0.39, 0.29) is 24.5 Å². The number of Topliss-reactive ketones (excluding diaryl/α,β-unsaturated/α-hetero) is 1. The quantitative estimate of drug-likeness (QED) is 0.784. The first-order chi connectivity index (χ1) is 9.20. The third-order valence-electron chi connectivity index (χ3n) is 3.18. The van der Waals surface area contributed by atoms with Gasteiger partial charge in [0.15, 0.2) is 0 Å². The second kappa shape index (κ2) is 6.18. The molecule has 1 atom stereocenters. The standard InChI is InChI=1S/C15H17NO3/c1-2-13-10-14(17)8-9-16(13)15(18)19-11-12-6-4-3-5-7-12/h2-7,13H,1,8-11H2. The average molecular weight is 259 g/mol. The van der Waals surface area contributed by atoms with Gasteiger partial charge in [0.25, 0.3) is 0 Å². The first-order valence-corrected chi connectivity index (χ1v) is 6.32. The van der Waals surface area contributed by atoms with E-state index in [0.29, 0.717) is 19.4 Å². The Kier molecular flexibility index (Phi) is 4.34. The minimum absolute atomic E-state index is 0.164. The van der Waals surface area contributed by atoms with Gasteiger partial charge in [0.1, 0.15) is 12.4 Å². The van der Waals surface area contributed by atoms with Crippen molar-refractivity contribution in [2.45, 2.75) is 25.5 Å². The number of carbonyl (C=O) groups is 2. The molecule has 1 unspecified atom stereocenters. The van der Waals surface area contributed by atoms with Crippen molar-refractivity contribution in [3.05, 3.63) is 48.6 Å². The second-order valence-corrected chi connectivity index (χ2v) is 4.53. The smallest absolute Gasteiger partial charge is 0.410 e. The van der Waals surface area contributed by atoms with Crippen LogP contribution in [0.1, 0.15) is 18.4 Å². The number of nitrogens with zero attached hydrogens (tertiary/aromatic N) is 1. The van der Waals surface area contributed by atoms with Crippen LogP contribution in [0.5, 0.6) is 0 Å². The number of hydrogen-bond donors (Lipinski definition) is 0. The molecule has 1 fully saturated rings. The van der Waals surface area contributed by atoms with Crippen LogP contribution in [0, 0.1) is 0 Å². The molecule has 0 spiro atoms. The van der Waals surface area contributed by atoms with Gasteiger partial charge in [-0.3, -0.25) is 4.79 Å². The third kappa shape index (κ3) is 3.44. The summed E-state index contributed by atoms with van der Waals surface area (Å²) in [4.78, 5) is 24.9. The van der Waals surface area contributed by atoms with E-state index < -0.39 is 0 Å². The summed E-state index contributed by atoms with van der Waals surface area (Å²) in [5, 5.41) is 0. The Hall–Kier alpha value is -2.10. The van der Waals surface area contributed by atoms with Crippen LogP contribution in [-0.2, 0) is 16.1 Å². The lowest BCUT2D eigenvalue weighted by Gasteiger charge is -2.32. The van der Waals surface area contributed by atoms with Gasteiger partial charge >= 0.3 is 6.09 Å². The first kappa shape index (κ1) is 13.3. The van der Waals surface area contributed by atoms with Gasteiger partial charge in [-0.2, -0.15) is 0 Å². The zero-order valence-electron chi connectivity index (χ0n) is 10.7. The maximum absolute atomic E-state index is 12.0. The van der Waals surface area contributed by atoms with Crippen molar-refractivity contribution < 1.29 is 14.3 Å². The van der Waals surface area contributed by atoms with Crippen molar-refractivity contribution in [2.75, 3.05) is 6.54 Å². The summed E-state index contributed by atoms with van der Waals surface area (Å²) in [5.74, 6) is 0.164. The minimum atomic E-state index is -0.388. The molecule has 0 saturated carbocycles. The SMILES string of the molecule is C=CC1CC(=O)CCN1C(=O)OCc1ccccc1. The molecule has 0 radical (unpaired) electrons. The summed E-state index contributed by atoms with van der Waals surface area (Å²) in [6, 6.07) is 9.26. The maximum Gasteiger partial charge on any atom is 0.410 e. The minimum Gasteiger partial charge on any atom is -0.445 e. The Balaban J connectivity index is 1.92. The number of hydrogen-bond acceptors (Lipinski definition) is 3. The molecule has 100 valence electrons. The van der Waals surface area contributed by atoms with Gasteiger partial charge in [-0.1, -0.05) is 36.4 Å². The summed E-state index contributed by atoms with van der Waals surface area (Å²) in [5.41, 5.74) is 0.944. The molecule has 0 N–H and O–H groups in total. The fourth-order valence-corrected chi connectivity index (χ4v) is 2.10. The Morgan fingerprint density at radius 1 is 1.42 bits per heavy atom. The number of rotatable bonds is 3. The number of piperidine rings is 1. The number of benzene rings is 1. The van der Waals surface area contributed by atoms with Crippen molar-refractivity contribution in [3.63, 3.8) is 0 Å². The van der Waals surface area contributed by atoms with Gasteiger partial charge in [-0.25, -0.2) is 4.79 Å². The van der Waals surface area contributed by atoms with E-state index in [1.807, 2.05) is 30.3 Å². The Labute approximate surface area is 112 Å². The first-order valence-electron chi connectivity index (χ1n) is 6.32.